The molecular formula is C15H22O2. The van der Waals surface area contributed by atoms with Crippen LogP contribution in [0.25, 0.3) is 0 Å². The molecule has 0 amide bonds. The Morgan fingerprint density at radius 1 is 1.29 bits per heavy atom. The van der Waals surface area contributed by atoms with Crippen molar-refractivity contribution >= 4 is 0 Å². The van der Waals surface area contributed by atoms with Crippen molar-refractivity contribution in [1.82, 2.24) is 0 Å². The summed E-state index contributed by atoms with van der Waals surface area (Å²) in [4.78, 5) is 0. The zero-order valence-electron chi connectivity index (χ0n) is 10.9. The lowest BCUT2D eigenvalue weighted by Gasteiger charge is -2.21. The Morgan fingerprint density at radius 2 is 2.18 bits per heavy atom. The van der Waals surface area contributed by atoms with Gasteiger partial charge < -0.3 is 9.47 Å². The first kappa shape index (κ1) is 12.3. The Balaban J connectivity index is 2.21. The van der Waals surface area contributed by atoms with Gasteiger partial charge in [0, 0.05) is 5.56 Å². The predicted molar refractivity (Wildman–Crippen MR) is 70.0 cm³/mol. The van der Waals surface area contributed by atoms with Gasteiger partial charge in [-0.05, 0) is 43.4 Å². The minimum absolute atomic E-state index is 0.816. The van der Waals surface area contributed by atoms with Gasteiger partial charge in [0.05, 0.1) is 13.2 Å². The fraction of sp³-hybridized carbons (Fsp3) is 0.600. The molecule has 0 bridgehead atoms. The summed E-state index contributed by atoms with van der Waals surface area (Å²) in [6, 6.07) is 4.35. The molecule has 2 rings (SSSR count). The van der Waals surface area contributed by atoms with E-state index in [9.17, 15) is 0 Å². The van der Waals surface area contributed by atoms with Crippen LogP contribution in [-0.2, 0) is 12.8 Å². The third kappa shape index (κ3) is 2.93. The number of hydrogen-bond donors (Lipinski definition) is 0. The molecule has 2 heteroatoms. The first-order valence-corrected chi connectivity index (χ1v) is 6.76. The van der Waals surface area contributed by atoms with Crippen molar-refractivity contribution in [1.29, 1.82) is 0 Å². The molecule has 1 aliphatic heterocycles. The fourth-order valence-electron chi connectivity index (χ4n) is 2.14. The highest BCUT2D eigenvalue weighted by molar-refractivity contribution is 5.49. The van der Waals surface area contributed by atoms with Crippen LogP contribution in [0.1, 0.15) is 44.2 Å². The predicted octanol–water partition coefficient (Wildman–Crippen LogP) is 3.75. The van der Waals surface area contributed by atoms with Crippen LogP contribution in [0.2, 0.25) is 0 Å². The first-order chi connectivity index (χ1) is 8.35. The highest BCUT2D eigenvalue weighted by Gasteiger charge is 2.16. The van der Waals surface area contributed by atoms with E-state index >= 15 is 0 Å². The second-order valence-corrected chi connectivity index (χ2v) is 4.58. The van der Waals surface area contributed by atoms with Gasteiger partial charge in [-0.25, -0.2) is 0 Å². The summed E-state index contributed by atoms with van der Waals surface area (Å²) < 4.78 is 11.6. The van der Waals surface area contributed by atoms with Crippen LogP contribution in [0.3, 0.4) is 0 Å². The number of fused-ring (bicyclic) bond motifs is 1. The molecule has 0 radical (unpaired) electrons. The number of aryl methyl sites for hydroxylation is 1. The molecule has 0 saturated carbocycles. The molecular weight excluding hydrogens is 212 g/mol. The second-order valence-electron chi connectivity index (χ2n) is 4.58. The number of ether oxygens (including phenoxy) is 2. The van der Waals surface area contributed by atoms with Crippen LogP contribution >= 0.6 is 0 Å². The summed E-state index contributed by atoms with van der Waals surface area (Å²) in [5, 5.41) is 0. The Hall–Kier alpha value is -1.18. The fourth-order valence-corrected chi connectivity index (χ4v) is 2.14. The van der Waals surface area contributed by atoms with E-state index in [0.29, 0.717) is 0 Å². The molecule has 2 nitrogen and oxygen atoms in total. The highest BCUT2D eigenvalue weighted by atomic mass is 16.5. The SMILES string of the molecule is CCCCOc1cc(CC)cc2c1CCCO2. The number of rotatable bonds is 5. The highest BCUT2D eigenvalue weighted by Crippen LogP contribution is 2.34. The van der Waals surface area contributed by atoms with Gasteiger partial charge >= 0.3 is 0 Å². The molecule has 1 heterocycles. The normalized spacial score (nSPS) is 14.0. The molecule has 0 saturated heterocycles. The lowest BCUT2D eigenvalue weighted by atomic mass is 10.0. The molecule has 0 atom stereocenters. The molecule has 0 N–H and O–H groups in total. The molecule has 0 spiro atoms. The molecule has 94 valence electrons. The van der Waals surface area contributed by atoms with E-state index in [1.54, 1.807) is 0 Å². The summed E-state index contributed by atoms with van der Waals surface area (Å²) in [5.41, 5.74) is 2.57. The summed E-state index contributed by atoms with van der Waals surface area (Å²) in [7, 11) is 0. The van der Waals surface area contributed by atoms with E-state index in [1.165, 1.54) is 17.5 Å². The van der Waals surface area contributed by atoms with Gasteiger partial charge in [0.15, 0.2) is 0 Å². The molecule has 0 aliphatic carbocycles. The van der Waals surface area contributed by atoms with Gasteiger partial charge in [-0.15, -0.1) is 0 Å². The maximum Gasteiger partial charge on any atom is 0.126 e. The van der Waals surface area contributed by atoms with E-state index in [2.05, 4.69) is 26.0 Å². The van der Waals surface area contributed by atoms with E-state index in [0.717, 1.165) is 50.4 Å². The van der Waals surface area contributed by atoms with Crippen LogP contribution in [0, 0.1) is 0 Å². The Bertz CT molecular complexity index is 371. The maximum absolute atomic E-state index is 5.91. The van der Waals surface area contributed by atoms with Crippen LogP contribution in [-0.4, -0.2) is 13.2 Å². The average molecular weight is 234 g/mol. The standard InChI is InChI=1S/C15H22O2/c1-3-5-8-16-14-10-12(4-2)11-15-13(14)7-6-9-17-15/h10-11H,3-9H2,1-2H3. The monoisotopic (exact) mass is 234 g/mol. The Morgan fingerprint density at radius 3 is 2.94 bits per heavy atom. The largest absolute Gasteiger partial charge is 0.493 e. The van der Waals surface area contributed by atoms with Crippen molar-refractivity contribution in [2.45, 2.75) is 46.0 Å². The van der Waals surface area contributed by atoms with Crippen molar-refractivity contribution in [2.75, 3.05) is 13.2 Å². The van der Waals surface area contributed by atoms with Gasteiger partial charge in [0.2, 0.25) is 0 Å². The summed E-state index contributed by atoms with van der Waals surface area (Å²) >= 11 is 0. The van der Waals surface area contributed by atoms with Crippen molar-refractivity contribution < 1.29 is 9.47 Å². The van der Waals surface area contributed by atoms with Gasteiger partial charge in [-0.3, -0.25) is 0 Å². The van der Waals surface area contributed by atoms with Gasteiger partial charge in [-0.2, -0.15) is 0 Å². The van der Waals surface area contributed by atoms with E-state index in [-0.39, 0.29) is 0 Å². The average Bonchev–Trinajstić information content (AvgIpc) is 2.38. The van der Waals surface area contributed by atoms with Crippen molar-refractivity contribution in [3.8, 4) is 11.5 Å². The van der Waals surface area contributed by atoms with Gasteiger partial charge in [0.25, 0.3) is 0 Å². The zero-order valence-corrected chi connectivity index (χ0v) is 10.9. The molecule has 1 aromatic rings. The summed E-state index contributed by atoms with van der Waals surface area (Å²) in [6.45, 7) is 6.01. The van der Waals surface area contributed by atoms with E-state index < -0.39 is 0 Å². The van der Waals surface area contributed by atoms with Gasteiger partial charge in [0.1, 0.15) is 11.5 Å². The zero-order chi connectivity index (χ0) is 12.1. The van der Waals surface area contributed by atoms with Crippen molar-refractivity contribution in [3.63, 3.8) is 0 Å². The Kier molecular flexibility index (Phi) is 4.29. The summed E-state index contributed by atoms with van der Waals surface area (Å²) in [5.74, 6) is 2.09. The number of unbranched alkanes of at least 4 members (excludes halogenated alkanes) is 1. The molecule has 17 heavy (non-hydrogen) atoms. The first-order valence-electron chi connectivity index (χ1n) is 6.76. The van der Waals surface area contributed by atoms with Crippen LogP contribution in [0.5, 0.6) is 11.5 Å². The minimum Gasteiger partial charge on any atom is -0.493 e. The number of hydrogen-bond acceptors (Lipinski definition) is 2. The lowest BCUT2D eigenvalue weighted by Crippen LogP contribution is -2.11. The van der Waals surface area contributed by atoms with Crippen LogP contribution in [0.15, 0.2) is 12.1 Å². The molecule has 0 fully saturated rings. The maximum atomic E-state index is 5.91. The second kappa shape index (κ2) is 5.95. The van der Waals surface area contributed by atoms with Crippen LogP contribution < -0.4 is 9.47 Å². The van der Waals surface area contributed by atoms with Crippen molar-refractivity contribution in [2.24, 2.45) is 0 Å². The lowest BCUT2D eigenvalue weighted by molar-refractivity contribution is 0.269. The Labute approximate surface area is 104 Å². The summed E-state index contributed by atoms with van der Waals surface area (Å²) in [6.07, 6.45) is 5.50. The quantitative estimate of drug-likeness (QED) is 0.722. The van der Waals surface area contributed by atoms with Gasteiger partial charge in [-0.1, -0.05) is 20.3 Å². The molecule has 1 aliphatic rings. The van der Waals surface area contributed by atoms with E-state index in [1.807, 2.05) is 0 Å². The topological polar surface area (TPSA) is 18.5 Å². The third-order valence-corrected chi connectivity index (χ3v) is 3.22. The minimum atomic E-state index is 0.816. The van der Waals surface area contributed by atoms with Crippen LogP contribution in [0.4, 0.5) is 0 Å². The molecule has 0 unspecified atom stereocenters. The van der Waals surface area contributed by atoms with Crippen molar-refractivity contribution in [3.05, 3.63) is 23.3 Å². The molecule has 0 aromatic heterocycles. The third-order valence-electron chi connectivity index (χ3n) is 3.22. The number of benzene rings is 1. The smallest absolute Gasteiger partial charge is 0.126 e. The van der Waals surface area contributed by atoms with E-state index in [4.69, 9.17) is 9.47 Å². The molecule has 1 aromatic carbocycles.